The lowest BCUT2D eigenvalue weighted by atomic mass is 10.5. The molecule has 1 heterocycles. The van der Waals surface area contributed by atoms with Gasteiger partial charge in [0.05, 0.1) is 26.1 Å². The van der Waals surface area contributed by atoms with E-state index in [4.69, 9.17) is 0 Å². The van der Waals surface area contributed by atoms with Gasteiger partial charge >= 0.3 is 0 Å². The first-order valence-electron chi connectivity index (χ1n) is 2.65. The van der Waals surface area contributed by atoms with Crippen molar-refractivity contribution in [3.63, 3.8) is 0 Å². The van der Waals surface area contributed by atoms with Crippen molar-refractivity contribution in [2.75, 3.05) is 0 Å². The summed E-state index contributed by atoms with van der Waals surface area (Å²) in [4.78, 5) is 11.2. The highest BCUT2D eigenvalue weighted by Crippen LogP contribution is 2.27. The van der Waals surface area contributed by atoms with Crippen LogP contribution in [0.3, 0.4) is 0 Å². The summed E-state index contributed by atoms with van der Waals surface area (Å²) in [6.07, 6.45) is 0. The van der Waals surface area contributed by atoms with Gasteiger partial charge in [0, 0.05) is 22.6 Å². The van der Waals surface area contributed by atoms with E-state index in [-0.39, 0.29) is 8.00 Å². The number of rotatable bonds is 2. The second-order valence-electron chi connectivity index (χ2n) is 1.83. The average molecular weight is 428 g/mol. The summed E-state index contributed by atoms with van der Waals surface area (Å²) >= 11 is 3.97. The molecule has 0 atom stereocenters. The van der Waals surface area contributed by atoms with Crippen molar-refractivity contribution < 1.29 is 13.2 Å². The van der Waals surface area contributed by atoms with Crippen LogP contribution in [0.15, 0.2) is 16.3 Å². The van der Waals surface area contributed by atoms with E-state index in [1.165, 1.54) is 33.3 Å². The Morgan fingerprint density at radius 1 is 1.42 bits per heavy atom. The Bertz CT molecular complexity index is 406. The van der Waals surface area contributed by atoms with Gasteiger partial charge in [0.25, 0.3) is 0 Å². The van der Waals surface area contributed by atoms with Crippen LogP contribution in [0.2, 0.25) is 0 Å². The van der Waals surface area contributed by atoms with Crippen molar-refractivity contribution in [2.45, 2.75) is 4.21 Å². The second-order valence-corrected chi connectivity index (χ2v) is 8.95. The fourth-order valence-corrected chi connectivity index (χ4v) is 3.78. The lowest BCUT2D eigenvalue weighted by Gasteiger charge is -1.85. The van der Waals surface area contributed by atoms with E-state index in [1.54, 1.807) is 22.6 Å². The lowest BCUT2D eigenvalue weighted by molar-refractivity contribution is 0.110. The maximum atomic E-state index is 11.0. The van der Waals surface area contributed by atoms with E-state index in [0.717, 1.165) is 11.3 Å². The Balaban J connectivity index is 3.17. The summed E-state index contributed by atoms with van der Waals surface area (Å²) in [5.41, 5.74) is 0. The highest BCUT2D eigenvalue weighted by atomic mass is 127. The Labute approximate surface area is 99.2 Å². The molecular formula is C5H2I2O3S2. The zero-order valence-electron chi connectivity index (χ0n) is 5.45. The van der Waals surface area contributed by atoms with Crippen LogP contribution >= 0.6 is 55.1 Å². The number of halogens is 2. The molecule has 7 heteroatoms. The van der Waals surface area contributed by atoms with Crippen molar-refractivity contribution in [1.82, 2.24) is 0 Å². The normalized spacial score (nSPS) is 11.5. The molecule has 0 saturated heterocycles. The largest absolute Gasteiger partial charge is 0.281 e. The van der Waals surface area contributed by atoms with Crippen LogP contribution in [0, 0.1) is 0 Å². The monoisotopic (exact) mass is 428 g/mol. The summed E-state index contributed by atoms with van der Waals surface area (Å²) in [7, 11) is -3.18. The van der Waals surface area contributed by atoms with Crippen LogP contribution in [-0.2, 0) is 7.01 Å². The Morgan fingerprint density at radius 2 is 2.00 bits per heavy atom. The van der Waals surface area contributed by atoms with Crippen molar-refractivity contribution in [3.05, 3.63) is 17.0 Å². The summed E-state index contributed by atoms with van der Waals surface area (Å²) < 4.78 is 22.0. The Morgan fingerprint density at radius 3 is 2.25 bits per heavy atom. The molecule has 1 aromatic rings. The molecule has 0 aliphatic rings. The van der Waals surface area contributed by atoms with Crippen LogP contribution in [0.5, 0.6) is 0 Å². The molecule has 0 radical (unpaired) electrons. The smallest absolute Gasteiger partial charge is 0.240 e. The molecule has 0 aromatic carbocycles. The number of carbonyl (C=O) groups excluding carboxylic acids is 1. The minimum atomic E-state index is -3.18. The maximum absolute atomic E-state index is 11.0. The standard InChI is InChI=1S/C5H2I2O3S2/c6-5(8)3-1-2-4(11-3)12(7,9)10/h1-2H. The molecular weight excluding hydrogens is 426 g/mol. The predicted octanol–water partition coefficient (Wildman–Crippen LogP) is 2.45. The quantitative estimate of drug-likeness (QED) is 0.538. The van der Waals surface area contributed by atoms with Crippen LogP contribution in [-0.4, -0.2) is 12.2 Å². The van der Waals surface area contributed by atoms with E-state index in [9.17, 15) is 13.2 Å². The van der Waals surface area contributed by atoms with Crippen LogP contribution in [0.25, 0.3) is 0 Å². The fourth-order valence-electron chi connectivity index (χ4n) is 0.557. The summed E-state index contributed by atoms with van der Waals surface area (Å²) in [6, 6.07) is 2.96. The lowest BCUT2D eigenvalue weighted by Crippen LogP contribution is -1.82. The summed E-state index contributed by atoms with van der Waals surface area (Å²) in [5, 5.41) is 0. The maximum Gasteiger partial charge on any atom is 0.240 e. The summed E-state index contributed by atoms with van der Waals surface area (Å²) in [5.74, 6) is 0. The molecule has 0 bridgehead atoms. The van der Waals surface area contributed by atoms with Gasteiger partial charge in [-0.15, -0.1) is 11.3 Å². The number of hydrogen-bond acceptors (Lipinski definition) is 4. The minimum absolute atomic E-state index is 0.135. The molecule has 0 amide bonds. The third kappa shape index (κ3) is 2.64. The zero-order chi connectivity index (χ0) is 9.35. The van der Waals surface area contributed by atoms with E-state index >= 15 is 0 Å². The number of carbonyl (C=O) groups is 1. The van der Waals surface area contributed by atoms with Gasteiger partial charge in [-0.2, -0.15) is 0 Å². The van der Waals surface area contributed by atoms with E-state index in [0.29, 0.717) is 4.88 Å². The Kier molecular flexibility index (Phi) is 3.51. The third-order valence-corrected chi connectivity index (χ3v) is 6.69. The molecule has 12 heavy (non-hydrogen) atoms. The van der Waals surface area contributed by atoms with Crippen molar-refractivity contribution in [2.24, 2.45) is 0 Å². The highest BCUT2D eigenvalue weighted by molar-refractivity contribution is 14.2. The minimum Gasteiger partial charge on any atom is -0.281 e. The van der Waals surface area contributed by atoms with Gasteiger partial charge in [-0.25, -0.2) is 8.42 Å². The molecule has 0 unspecified atom stereocenters. The molecule has 0 spiro atoms. The first-order valence-corrected chi connectivity index (χ1v) is 8.57. The van der Waals surface area contributed by atoms with Gasteiger partial charge in [-0.1, -0.05) is 0 Å². The molecule has 1 aromatic heterocycles. The number of hydrogen-bond donors (Lipinski definition) is 0. The molecule has 0 aliphatic carbocycles. The van der Waals surface area contributed by atoms with E-state index in [2.05, 4.69) is 0 Å². The highest BCUT2D eigenvalue weighted by Gasteiger charge is 2.14. The van der Waals surface area contributed by atoms with Crippen LogP contribution in [0.4, 0.5) is 0 Å². The number of thiophene rings is 1. The molecule has 0 saturated carbocycles. The molecule has 0 N–H and O–H groups in total. The van der Waals surface area contributed by atoms with Gasteiger partial charge in [0.2, 0.25) is 10.8 Å². The average Bonchev–Trinajstić information content (AvgIpc) is 2.30. The predicted molar refractivity (Wildman–Crippen MR) is 63.9 cm³/mol. The first-order chi connectivity index (χ1) is 5.41. The van der Waals surface area contributed by atoms with Gasteiger partial charge < -0.3 is 0 Å². The topological polar surface area (TPSA) is 51.2 Å². The van der Waals surface area contributed by atoms with Gasteiger partial charge in [0.1, 0.15) is 4.21 Å². The van der Waals surface area contributed by atoms with Crippen molar-refractivity contribution in [3.8, 4) is 0 Å². The van der Waals surface area contributed by atoms with Gasteiger partial charge in [0.15, 0.2) is 0 Å². The van der Waals surface area contributed by atoms with E-state index in [1.807, 2.05) is 0 Å². The summed E-state index contributed by atoms with van der Waals surface area (Å²) in [6.45, 7) is 0. The molecule has 0 aliphatic heterocycles. The zero-order valence-corrected chi connectivity index (χ0v) is 11.4. The van der Waals surface area contributed by atoms with Crippen molar-refractivity contribution in [1.29, 1.82) is 0 Å². The van der Waals surface area contributed by atoms with Crippen molar-refractivity contribution >= 4 is 65.9 Å². The van der Waals surface area contributed by atoms with Gasteiger partial charge in [-0.3, -0.25) is 4.79 Å². The molecule has 3 nitrogen and oxygen atoms in total. The van der Waals surface area contributed by atoms with E-state index < -0.39 is 7.01 Å². The molecule has 1 rings (SSSR count). The first kappa shape index (κ1) is 10.9. The van der Waals surface area contributed by atoms with Crippen LogP contribution in [0.1, 0.15) is 9.67 Å². The Hall–Kier alpha value is 0.780. The third-order valence-electron chi connectivity index (χ3n) is 1.02. The van der Waals surface area contributed by atoms with Gasteiger partial charge in [-0.05, 0) is 12.1 Å². The second kappa shape index (κ2) is 3.88. The molecule has 0 fully saturated rings. The fraction of sp³-hybridized carbons (Fsp3) is 0. The molecule has 66 valence electrons. The van der Waals surface area contributed by atoms with Crippen LogP contribution < -0.4 is 0 Å². The SMILES string of the molecule is O=C(I)c1ccc(S(=O)(=O)I)s1.